The summed E-state index contributed by atoms with van der Waals surface area (Å²) in [6.45, 7) is 1.73. The van der Waals surface area contributed by atoms with E-state index < -0.39 is 17.5 Å². The second-order valence-corrected chi connectivity index (χ2v) is 9.13. The third-order valence-corrected chi connectivity index (χ3v) is 6.24. The molecule has 0 aromatic heterocycles. The van der Waals surface area contributed by atoms with Crippen LogP contribution < -0.4 is 10.6 Å². The van der Waals surface area contributed by atoms with Crippen molar-refractivity contribution >= 4 is 57.1 Å². The van der Waals surface area contributed by atoms with Gasteiger partial charge in [0.1, 0.15) is 12.1 Å². The fraction of sp³-hybridized carbons (Fsp3) is 0.250. The number of benzene rings is 2. The molecule has 0 saturated carbocycles. The molecule has 2 aromatic carbocycles. The lowest BCUT2D eigenvalue weighted by Gasteiger charge is -2.22. The summed E-state index contributed by atoms with van der Waals surface area (Å²) < 4.78 is 0.799. The van der Waals surface area contributed by atoms with Crippen LogP contribution in [0, 0.1) is 0 Å². The molecule has 0 aliphatic carbocycles. The van der Waals surface area contributed by atoms with Gasteiger partial charge in [-0.2, -0.15) is 0 Å². The van der Waals surface area contributed by atoms with Gasteiger partial charge in [-0.3, -0.25) is 14.5 Å². The molecular weight excluding hydrogens is 478 g/mol. The number of rotatable bonds is 7. The Bertz CT molecular complexity index is 941. The van der Waals surface area contributed by atoms with Gasteiger partial charge in [0, 0.05) is 26.7 Å². The molecule has 29 heavy (non-hydrogen) atoms. The van der Waals surface area contributed by atoms with Crippen LogP contribution in [0.2, 0.25) is 5.02 Å². The number of carbonyl (C=O) groups excluding carboxylic acids is 3. The zero-order valence-electron chi connectivity index (χ0n) is 15.6. The Hall–Kier alpha value is -2.03. The predicted octanol–water partition coefficient (Wildman–Crippen LogP) is 3.78. The Balaban J connectivity index is 1.53. The van der Waals surface area contributed by atoms with Gasteiger partial charge >= 0.3 is 6.03 Å². The van der Waals surface area contributed by atoms with E-state index in [-0.39, 0.29) is 12.5 Å². The molecule has 1 heterocycles. The van der Waals surface area contributed by atoms with Crippen molar-refractivity contribution < 1.29 is 14.4 Å². The SMILES string of the molecule is C[C@@]1(c2cccc(Br)c2)NC(=O)N(CC(=O)NCCSc2ccc(Cl)cc2)C1=O. The molecule has 0 spiro atoms. The van der Waals surface area contributed by atoms with Crippen molar-refractivity contribution in [1.82, 2.24) is 15.5 Å². The molecule has 1 aliphatic heterocycles. The van der Waals surface area contributed by atoms with E-state index in [9.17, 15) is 14.4 Å². The van der Waals surface area contributed by atoms with Crippen molar-refractivity contribution in [3.05, 3.63) is 63.6 Å². The molecule has 0 bridgehead atoms. The van der Waals surface area contributed by atoms with Gasteiger partial charge in [0.25, 0.3) is 5.91 Å². The number of hydrogen-bond acceptors (Lipinski definition) is 4. The number of hydrogen-bond donors (Lipinski definition) is 2. The summed E-state index contributed by atoms with van der Waals surface area (Å²) in [6, 6.07) is 14.0. The molecule has 4 amide bonds. The molecule has 0 radical (unpaired) electrons. The average molecular weight is 497 g/mol. The lowest BCUT2D eigenvalue weighted by molar-refractivity contribution is -0.134. The number of nitrogens with zero attached hydrogens (tertiary/aromatic N) is 1. The summed E-state index contributed by atoms with van der Waals surface area (Å²) in [4.78, 5) is 39.4. The van der Waals surface area contributed by atoms with Gasteiger partial charge in [-0.25, -0.2) is 4.79 Å². The minimum absolute atomic E-state index is 0.320. The highest BCUT2D eigenvalue weighted by Crippen LogP contribution is 2.30. The maximum atomic E-state index is 12.9. The van der Waals surface area contributed by atoms with E-state index in [4.69, 9.17) is 11.6 Å². The molecule has 0 unspecified atom stereocenters. The second-order valence-electron chi connectivity index (χ2n) is 6.61. The van der Waals surface area contributed by atoms with E-state index in [0.717, 1.165) is 14.3 Å². The minimum atomic E-state index is -1.20. The number of thioether (sulfide) groups is 1. The summed E-state index contributed by atoms with van der Waals surface area (Å²) in [5.41, 5.74) is -0.557. The molecule has 1 saturated heterocycles. The largest absolute Gasteiger partial charge is 0.354 e. The number of carbonyl (C=O) groups is 3. The molecule has 3 rings (SSSR count). The van der Waals surface area contributed by atoms with Crippen molar-refractivity contribution in [1.29, 1.82) is 0 Å². The van der Waals surface area contributed by atoms with Crippen LogP contribution in [0.1, 0.15) is 12.5 Å². The minimum Gasteiger partial charge on any atom is -0.354 e. The van der Waals surface area contributed by atoms with Gasteiger partial charge in [0.2, 0.25) is 5.91 Å². The number of urea groups is 1. The monoisotopic (exact) mass is 495 g/mol. The first-order valence-corrected chi connectivity index (χ1v) is 11.0. The molecule has 1 atom stereocenters. The van der Waals surface area contributed by atoms with Gasteiger partial charge in [-0.1, -0.05) is 39.7 Å². The van der Waals surface area contributed by atoms with Crippen LogP contribution >= 0.6 is 39.3 Å². The standard InChI is InChI=1S/C20H19BrClN3O3S/c1-20(13-3-2-4-14(21)11-13)18(27)25(19(28)24-20)12-17(26)23-9-10-29-16-7-5-15(22)6-8-16/h2-8,11H,9-10,12H2,1H3,(H,23,26)(H,24,28)/t20-/m0/s1. The van der Waals surface area contributed by atoms with Crippen LogP contribution in [0.3, 0.4) is 0 Å². The van der Waals surface area contributed by atoms with Crippen molar-refractivity contribution in [2.24, 2.45) is 0 Å². The van der Waals surface area contributed by atoms with Crippen LogP contribution in [0.25, 0.3) is 0 Å². The van der Waals surface area contributed by atoms with Crippen molar-refractivity contribution in [3.8, 4) is 0 Å². The fourth-order valence-electron chi connectivity index (χ4n) is 2.93. The third kappa shape index (κ3) is 5.12. The second kappa shape index (κ2) is 9.19. The van der Waals surface area contributed by atoms with Gasteiger partial charge in [-0.15, -0.1) is 11.8 Å². The lowest BCUT2D eigenvalue weighted by atomic mass is 9.92. The summed E-state index contributed by atoms with van der Waals surface area (Å²) in [7, 11) is 0. The molecule has 2 N–H and O–H groups in total. The van der Waals surface area contributed by atoms with E-state index in [0.29, 0.717) is 22.9 Å². The molecule has 1 aliphatic rings. The van der Waals surface area contributed by atoms with E-state index in [1.807, 2.05) is 30.3 Å². The van der Waals surface area contributed by atoms with Crippen LogP contribution in [0.15, 0.2) is 57.9 Å². The lowest BCUT2D eigenvalue weighted by Crippen LogP contribution is -2.43. The first kappa shape index (κ1) is 21.7. The first-order chi connectivity index (χ1) is 13.8. The number of imide groups is 1. The maximum absolute atomic E-state index is 12.9. The Morgan fingerprint density at radius 2 is 1.97 bits per heavy atom. The molecule has 152 valence electrons. The van der Waals surface area contributed by atoms with Crippen molar-refractivity contribution in [3.63, 3.8) is 0 Å². The highest BCUT2D eigenvalue weighted by molar-refractivity contribution is 9.10. The van der Waals surface area contributed by atoms with Crippen LogP contribution in [0.5, 0.6) is 0 Å². The topological polar surface area (TPSA) is 78.5 Å². The van der Waals surface area contributed by atoms with Gasteiger partial charge in [0.15, 0.2) is 0 Å². The average Bonchev–Trinajstić information content (AvgIpc) is 2.91. The smallest absolute Gasteiger partial charge is 0.325 e. The Morgan fingerprint density at radius 1 is 1.24 bits per heavy atom. The number of halogens is 2. The van der Waals surface area contributed by atoms with Crippen LogP contribution in [-0.4, -0.2) is 41.6 Å². The highest BCUT2D eigenvalue weighted by Gasteiger charge is 2.49. The summed E-state index contributed by atoms with van der Waals surface area (Å²) >= 11 is 10.8. The maximum Gasteiger partial charge on any atom is 0.325 e. The van der Waals surface area contributed by atoms with Gasteiger partial charge in [-0.05, 0) is 48.9 Å². The van der Waals surface area contributed by atoms with E-state index >= 15 is 0 Å². The van der Waals surface area contributed by atoms with Gasteiger partial charge < -0.3 is 10.6 Å². The van der Waals surface area contributed by atoms with Crippen LogP contribution in [0.4, 0.5) is 4.79 Å². The Morgan fingerprint density at radius 3 is 2.66 bits per heavy atom. The van der Waals surface area contributed by atoms with Crippen LogP contribution in [-0.2, 0) is 15.1 Å². The fourth-order valence-corrected chi connectivity index (χ4v) is 4.22. The van der Waals surface area contributed by atoms with Gasteiger partial charge in [0.05, 0.1) is 0 Å². The Kier molecular flexibility index (Phi) is 6.87. The molecule has 2 aromatic rings. The Labute approximate surface area is 186 Å². The van der Waals surface area contributed by atoms with Crippen molar-refractivity contribution in [2.45, 2.75) is 17.4 Å². The number of amides is 4. The molecular formula is C20H19BrClN3O3S. The number of nitrogens with one attached hydrogen (secondary N) is 2. The highest BCUT2D eigenvalue weighted by atomic mass is 79.9. The van der Waals surface area contributed by atoms with E-state index in [1.165, 1.54) is 0 Å². The zero-order valence-corrected chi connectivity index (χ0v) is 18.7. The quantitative estimate of drug-likeness (QED) is 0.347. The van der Waals surface area contributed by atoms with E-state index in [2.05, 4.69) is 26.6 Å². The summed E-state index contributed by atoms with van der Waals surface area (Å²) in [6.07, 6.45) is 0. The summed E-state index contributed by atoms with van der Waals surface area (Å²) in [5, 5.41) is 6.11. The molecule has 1 fully saturated rings. The molecule has 6 nitrogen and oxygen atoms in total. The van der Waals surface area contributed by atoms with E-state index in [1.54, 1.807) is 36.9 Å². The van der Waals surface area contributed by atoms with Crippen molar-refractivity contribution in [2.75, 3.05) is 18.8 Å². The predicted molar refractivity (Wildman–Crippen MR) is 117 cm³/mol. The summed E-state index contributed by atoms with van der Waals surface area (Å²) in [5.74, 6) is -0.182. The first-order valence-electron chi connectivity index (χ1n) is 8.85. The zero-order chi connectivity index (χ0) is 21.0. The molecule has 9 heteroatoms. The third-order valence-electron chi connectivity index (χ3n) is 4.49. The normalized spacial score (nSPS) is 18.7.